The van der Waals surface area contributed by atoms with Crippen molar-refractivity contribution in [3.8, 4) is 0 Å². The number of esters is 1. The zero-order valence-corrected chi connectivity index (χ0v) is 16.1. The smallest absolute Gasteiger partial charge is 0.341 e. The minimum absolute atomic E-state index is 0.294. The summed E-state index contributed by atoms with van der Waals surface area (Å²) in [7, 11) is 0. The SMILES string of the molecule is CCNc1ccccc1C(=O)O[C@@H](C(=O)c1ccccc1)c1ccc(Cl)cc1. The van der Waals surface area contributed by atoms with Crippen molar-refractivity contribution in [2.75, 3.05) is 11.9 Å². The first-order chi connectivity index (χ1) is 13.6. The fraction of sp³-hybridized carbons (Fsp3) is 0.130. The lowest BCUT2D eigenvalue weighted by Crippen LogP contribution is -2.21. The van der Waals surface area contributed by atoms with E-state index >= 15 is 0 Å². The summed E-state index contributed by atoms with van der Waals surface area (Å²) < 4.78 is 5.69. The van der Waals surface area contributed by atoms with E-state index in [2.05, 4.69) is 5.32 Å². The number of para-hydroxylation sites is 1. The van der Waals surface area contributed by atoms with Gasteiger partial charge >= 0.3 is 5.97 Å². The van der Waals surface area contributed by atoms with Gasteiger partial charge in [-0.05, 0) is 31.2 Å². The summed E-state index contributed by atoms with van der Waals surface area (Å²) in [6, 6.07) is 22.6. The van der Waals surface area contributed by atoms with Crippen LogP contribution in [0.2, 0.25) is 5.02 Å². The van der Waals surface area contributed by atoms with Crippen LogP contribution in [0.1, 0.15) is 39.3 Å². The van der Waals surface area contributed by atoms with Crippen molar-refractivity contribution in [1.29, 1.82) is 0 Å². The maximum Gasteiger partial charge on any atom is 0.341 e. The van der Waals surface area contributed by atoms with Crippen LogP contribution in [0.5, 0.6) is 0 Å². The van der Waals surface area contributed by atoms with E-state index in [1.165, 1.54) is 0 Å². The summed E-state index contributed by atoms with van der Waals surface area (Å²) in [5.41, 5.74) is 2.07. The molecule has 0 heterocycles. The molecule has 0 aliphatic carbocycles. The van der Waals surface area contributed by atoms with E-state index in [4.69, 9.17) is 16.3 Å². The van der Waals surface area contributed by atoms with Crippen molar-refractivity contribution in [2.24, 2.45) is 0 Å². The predicted molar refractivity (Wildman–Crippen MR) is 111 cm³/mol. The molecule has 4 nitrogen and oxygen atoms in total. The van der Waals surface area contributed by atoms with Crippen LogP contribution in [0.4, 0.5) is 5.69 Å². The van der Waals surface area contributed by atoms with Crippen LogP contribution >= 0.6 is 11.6 Å². The lowest BCUT2D eigenvalue weighted by atomic mass is 9.99. The van der Waals surface area contributed by atoms with Gasteiger partial charge in [-0.2, -0.15) is 0 Å². The van der Waals surface area contributed by atoms with Gasteiger partial charge in [0.25, 0.3) is 0 Å². The van der Waals surface area contributed by atoms with Crippen LogP contribution in [0.15, 0.2) is 78.9 Å². The molecule has 3 rings (SSSR count). The van der Waals surface area contributed by atoms with Gasteiger partial charge < -0.3 is 10.1 Å². The monoisotopic (exact) mass is 393 g/mol. The molecule has 0 fully saturated rings. The molecule has 28 heavy (non-hydrogen) atoms. The molecule has 0 spiro atoms. The number of ketones is 1. The van der Waals surface area contributed by atoms with Crippen LogP contribution in [-0.4, -0.2) is 18.3 Å². The molecule has 0 aliphatic rings. The van der Waals surface area contributed by atoms with Crippen LogP contribution in [0, 0.1) is 0 Å². The van der Waals surface area contributed by atoms with Gasteiger partial charge in [-0.3, -0.25) is 4.79 Å². The Labute approximate surface area is 169 Å². The number of carbonyl (C=O) groups excluding carboxylic acids is 2. The highest BCUT2D eigenvalue weighted by Gasteiger charge is 2.27. The summed E-state index contributed by atoms with van der Waals surface area (Å²) in [5, 5.41) is 3.68. The van der Waals surface area contributed by atoms with Gasteiger partial charge in [0.05, 0.1) is 5.56 Å². The largest absolute Gasteiger partial charge is 0.445 e. The Hall–Kier alpha value is -3.11. The summed E-state index contributed by atoms with van der Waals surface area (Å²) in [6.07, 6.45) is -1.07. The second kappa shape index (κ2) is 9.20. The van der Waals surface area contributed by atoms with E-state index in [-0.39, 0.29) is 5.78 Å². The normalized spacial score (nSPS) is 11.5. The number of benzene rings is 3. The number of nitrogens with one attached hydrogen (secondary N) is 1. The predicted octanol–water partition coefficient (Wildman–Crippen LogP) is 5.55. The molecule has 5 heteroatoms. The quantitative estimate of drug-likeness (QED) is 0.422. The second-order valence-electron chi connectivity index (χ2n) is 6.14. The zero-order chi connectivity index (χ0) is 19.9. The van der Waals surface area contributed by atoms with E-state index < -0.39 is 12.1 Å². The van der Waals surface area contributed by atoms with Crippen molar-refractivity contribution in [2.45, 2.75) is 13.0 Å². The van der Waals surface area contributed by atoms with E-state index in [0.29, 0.717) is 33.9 Å². The first kappa shape index (κ1) is 19.6. The van der Waals surface area contributed by atoms with Crippen LogP contribution < -0.4 is 5.32 Å². The molecule has 3 aromatic rings. The maximum atomic E-state index is 13.1. The lowest BCUT2D eigenvalue weighted by molar-refractivity contribution is 0.0281. The molecular weight excluding hydrogens is 374 g/mol. The molecule has 0 saturated carbocycles. The van der Waals surface area contributed by atoms with E-state index in [1.807, 2.05) is 19.1 Å². The topological polar surface area (TPSA) is 55.4 Å². The fourth-order valence-corrected chi connectivity index (χ4v) is 2.97. The van der Waals surface area contributed by atoms with Gasteiger partial charge in [0, 0.05) is 28.4 Å². The summed E-state index contributed by atoms with van der Waals surface area (Å²) in [4.78, 5) is 26.0. The number of Topliss-reactive ketones (excluding diaryl/α,β-unsaturated/α-hetero) is 1. The molecule has 3 aromatic carbocycles. The van der Waals surface area contributed by atoms with Crippen molar-refractivity contribution in [3.05, 3.63) is 101 Å². The Balaban J connectivity index is 1.94. The van der Waals surface area contributed by atoms with Crippen molar-refractivity contribution >= 4 is 29.0 Å². The Morgan fingerprint density at radius 3 is 2.25 bits per heavy atom. The van der Waals surface area contributed by atoms with Gasteiger partial charge in [-0.25, -0.2) is 4.79 Å². The molecule has 0 aliphatic heterocycles. The minimum Gasteiger partial charge on any atom is -0.445 e. The highest BCUT2D eigenvalue weighted by Crippen LogP contribution is 2.27. The third-order valence-electron chi connectivity index (χ3n) is 4.21. The molecule has 0 unspecified atom stereocenters. The highest BCUT2D eigenvalue weighted by atomic mass is 35.5. The average molecular weight is 394 g/mol. The van der Waals surface area contributed by atoms with Gasteiger partial charge in [0.15, 0.2) is 6.10 Å². The summed E-state index contributed by atoms with van der Waals surface area (Å²) in [5.74, 6) is -0.863. The third kappa shape index (κ3) is 4.59. The molecule has 0 amide bonds. The standard InChI is InChI=1S/C23H20ClNO3/c1-2-25-20-11-7-6-10-19(20)23(27)28-22(17-12-14-18(24)15-13-17)21(26)16-8-4-3-5-9-16/h3-15,22,25H,2H2,1H3/t22-/m1/s1. The molecule has 0 aromatic heterocycles. The molecule has 0 bridgehead atoms. The molecule has 0 saturated heterocycles. The van der Waals surface area contributed by atoms with Crippen LogP contribution in [0.3, 0.4) is 0 Å². The number of anilines is 1. The Kier molecular flexibility index (Phi) is 6.45. The zero-order valence-electron chi connectivity index (χ0n) is 15.4. The Morgan fingerprint density at radius 2 is 1.57 bits per heavy atom. The van der Waals surface area contributed by atoms with Gasteiger partial charge in [-0.1, -0.05) is 66.2 Å². The molecule has 1 atom stereocenters. The number of halogens is 1. The number of hydrogen-bond acceptors (Lipinski definition) is 4. The van der Waals surface area contributed by atoms with Crippen LogP contribution in [0.25, 0.3) is 0 Å². The second-order valence-corrected chi connectivity index (χ2v) is 6.58. The van der Waals surface area contributed by atoms with Crippen molar-refractivity contribution < 1.29 is 14.3 Å². The van der Waals surface area contributed by atoms with Gasteiger partial charge in [0.1, 0.15) is 0 Å². The molecule has 0 radical (unpaired) electrons. The lowest BCUT2D eigenvalue weighted by Gasteiger charge is -2.19. The number of hydrogen-bond donors (Lipinski definition) is 1. The highest BCUT2D eigenvalue weighted by molar-refractivity contribution is 6.30. The first-order valence-corrected chi connectivity index (χ1v) is 9.36. The van der Waals surface area contributed by atoms with E-state index in [0.717, 1.165) is 0 Å². The third-order valence-corrected chi connectivity index (χ3v) is 4.46. The Morgan fingerprint density at radius 1 is 0.929 bits per heavy atom. The molecule has 142 valence electrons. The molecular formula is C23H20ClNO3. The summed E-state index contributed by atoms with van der Waals surface area (Å²) >= 11 is 5.97. The van der Waals surface area contributed by atoms with Gasteiger partial charge in [0.2, 0.25) is 5.78 Å². The number of ether oxygens (including phenoxy) is 1. The Bertz CT molecular complexity index is 955. The molecule has 1 N–H and O–H groups in total. The first-order valence-electron chi connectivity index (χ1n) is 8.98. The number of rotatable bonds is 7. The van der Waals surface area contributed by atoms with E-state index in [9.17, 15) is 9.59 Å². The van der Waals surface area contributed by atoms with Crippen LogP contribution in [-0.2, 0) is 4.74 Å². The number of carbonyl (C=O) groups is 2. The maximum absolute atomic E-state index is 13.1. The van der Waals surface area contributed by atoms with E-state index in [1.54, 1.807) is 66.7 Å². The average Bonchev–Trinajstić information content (AvgIpc) is 2.73. The minimum atomic E-state index is -1.07. The van der Waals surface area contributed by atoms with Gasteiger partial charge in [-0.15, -0.1) is 0 Å². The summed E-state index contributed by atoms with van der Waals surface area (Å²) in [6.45, 7) is 2.60. The van der Waals surface area contributed by atoms with Crippen molar-refractivity contribution in [1.82, 2.24) is 0 Å². The fourth-order valence-electron chi connectivity index (χ4n) is 2.84. The van der Waals surface area contributed by atoms with Crippen molar-refractivity contribution in [3.63, 3.8) is 0 Å².